The van der Waals surface area contributed by atoms with Crippen molar-refractivity contribution in [1.82, 2.24) is 15.2 Å². The van der Waals surface area contributed by atoms with Crippen LogP contribution in [-0.4, -0.2) is 51.9 Å². The van der Waals surface area contributed by atoms with Gasteiger partial charge in [0.05, 0.1) is 0 Å². The minimum atomic E-state index is -1.18. The molecule has 0 aliphatic rings. The molecule has 2 rings (SSSR count). The van der Waals surface area contributed by atoms with Gasteiger partial charge in [0.1, 0.15) is 11.7 Å². The van der Waals surface area contributed by atoms with Crippen LogP contribution in [0.3, 0.4) is 0 Å². The van der Waals surface area contributed by atoms with Crippen LogP contribution >= 0.6 is 0 Å². The lowest BCUT2D eigenvalue weighted by molar-refractivity contribution is -0.141. The SMILES string of the molecule is CC(=O)NCCN(C(=O)c1cc2ccccc2c(=O)[nH]1)C(C)C(=O)O. The van der Waals surface area contributed by atoms with Gasteiger partial charge >= 0.3 is 5.97 Å². The summed E-state index contributed by atoms with van der Waals surface area (Å²) in [4.78, 5) is 50.7. The highest BCUT2D eigenvalue weighted by Gasteiger charge is 2.27. The Morgan fingerprint density at radius 3 is 2.60 bits per heavy atom. The molecule has 1 aromatic carbocycles. The summed E-state index contributed by atoms with van der Waals surface area (Å²) < 4.78 is 0. The minimum absolute atomic E-state index is 0.000347. The molecule has 0 saturated carbocycles. The highest BCUT2D eigenvalue weighted by atomic mass is 16.4. The Kier molecular flexibility index (Phi) is 5.53. The number of carboxylic acids is 1. The predicted octanol–water partition coefficient (Wildman–Crippen LogP) is 0.579. The van der Waals surface area contributed by atoms with E-state index in [1.807, 2.05) is 0 Å². The number of aliphatic carboxylic acids is 1. The first kappa shape index (κ1) is 18.2. The Balaban J connectivity index is 2.36. The number of aromatic nitrogens is 1. The van der Waals surface area contributed by atoms with Crippen LogP contribution in [0.25, 0.3) is 10.8 Å². The normalized spacial score (nSPS) is 11.8. The van der Waals surface area contributed by atoms with Crippen molar-refractivity contribution < 1.29 is 19.5 Å². The first-order valence-corrected chi connectivity index (χ1v) is 7.71. The smallest absolute Gasteiger partial charge is 0.326 e. The van der Waals surface area contributed by atoms with Crippen molar-refractivity contribution in [2.75, 3.05) is 13.1 Å². The maximum Gasteiger partial charge on any atom is 0.326 e. The zero-order valence-corrected chi connectivity index (χ0v) is 13.9. The van der Waals surface area contributed by atoms with Gasteiger partial charge in [0, 0.05) is 25.4 Å². The highest BCUT2D eigenvalue weighted by Crippen LogP contribution is 2.13. The van der Waals surface area contributed by atoms with Crippen LogP contribution in [0.15, 0.2) is 35.1 Å². The molecule has 1 heterocycles. The molecule has 1 unspecified atom stereocenters. The van der Waals surface area contributed by atoms with Gasteiger partial charge in [0.15, 0.2) is 0 Å². The van der Waals surface area contributed by atoms with Gasteiger partial charge < -0.3 is 20.3 Å². The maximum absolute atomic E-state index is 12.7. The van der Waals surface area contributed by atoms with E-state index in [9.17, 15) is 24.3 Å². The lowest BCUT2D eigenvalue weighted by Crippen LogP contribution is -2.47. The summed E-state index contributed by atoms with van der Waals surface area (Å²) in [5.74, 6) is -2.09. The standard InChI is InChI=1S/C17H19N3O5/c1-10(17(24)25)20(8-7-18-11(2)21)16(23)14-9-12-5-3-4-6-13(12)15(22)19-14/h3-6,9-10H,7-8H2,1-2H3,(H,18,21)(H,19,22)(H,24,25). The Morgan fingerprint density at radius 1 is 1.28 bits per heavy atom. The third-order valence-electron chi connectivity index (χ3n) is 3.80. The molecule has 0 bridgehead atoms. The van der Waals surface area contributed by atoms with Gasteiger partial charge in [-0.25, -0.2) is 4.79 Å². The molecule has 132 valence electrons. The second-order valence-corrected chi connectivity index (χ2v) is 5.60. The van der Waals surface area contributed by atoms with Gasteiger partial charge in [-0.3, -0.25) is 14.4 Å². The van der Waals surface area contributed by atoms with Gasteiger partial charge in [-0.2, -0.15) is 0 Å². The molecule has 0 saturated heterocycles. The average molecular weight is 345 g/mol. The van der Waals surface area contributed by atoms with Crippen molar-refractivity contribution in [1.29, 1.82) is 0 Å². The Hall–Kier alpha value is -3.16. The monoisotopic (exact) mass is 345 g/mol. The number of nitrogens with zero attached hydrogens (tertiary/aromatic N) is 1. The average Bonchev–Trinajstić information content (AvgIpc) is 2.57. The van der Waals surface area contributed by atoms with E-state index in [0.717, 1.165) is 4.90 Å². The summed E-state index contributed by atoms with van der Waals surface area (Å²) >= 11 is 0. The van der Waals surface area contributed by atoms with Crippen molar-refractivity contribution in [3.05, 3.63) is 46.4 Å². The van der Waals surface area contributed by atoms with E-state index >= 15 is 0 Å². The second kappa shape index (κ2) is 7.61. The summed E-state index contributed by atoms with van der Waals surface area (Å²) in [5, 5.41) is 12.8. The highest BCUT2D eigenvalue weighted by molar-refractivity contribution is 5.98. The Morgan fingerprint density at radius 2 is 1.96 bits per heavy atom. The van der Waals surface area contributed by atoms with Crippen molar-refractivity contribution >= 4 is 28.6 Å². The van der Waals surface area contributed by atoms with Gasteiger partial charge in [-0.15, -0.1) is 0 Å². The molecular weight excluding hydrogens is 326 g/mol. The molecule has 1 aromatic heterocycles. The minimum Gasteiger partial charge on any atom is -0.480 e. The summed E-state index contributed by atoms with van der Waals surface area (Å²) in [6.45, 7) is 2.80. The van der Waals surface area contributed by atoms with Gasteiger partial charge in [0.2, 0.25) is 5.91 Å². The van der Waals surface area contributed by atoms with Crippen LogP contribution in [0.1, 0.15) is 24.3 Å². The number of rotatable bonds is 6. The number of amides is 2. The van der Waals surface area contributed by atoms with Crippen molar-refractivity contribution in [2.24, 2.45) is 0 Å². The molecule has 0 radical (unpaired) electrons. The van der Waals surface area contributed by atoms with Crippen LogP contribution in [0.2, 0.25) is 0 Å². The lowest BCUT2D eigenvalue weighted by atomic mass is 10.1. The van der Waals surface area contributed by atoms with E-state index in [4.69, 9.17) is 0 Å². The van der Waals surface area contributed by atoms with Crippen molar-refractivity contribution in [3.8, 4) is 0 Å². The number of hydrogen-bond acceptors (Lipinski definition) is 4. The number of carbonyl (C=O) groups excluding carboxylic acids is 2. The molecular formula is C17H19N3O5. The number of nitrogens with one attached hydrogen (secondary N) is 2. The third-order valence-corrected chi connectivity index (χ3v) is 3.80. The fourth-order valence-corrected chi connectivity index (χ4v) is 2.44. The summed E-state index contributed by atoms with van der Waals surface area (Å²) in [7, 11) is 0. The number of pyridine rings is 1. The zero-order valence-electron chi connectivity index (χ0n) is 13.9. The van der Waals surface area contributed by atoms with E-state index in [1.165, 1.54) is 19.9 Å². The number of benzene rings is 1. The summed E-state index contributed by atoms with van der Waals surface area (Å²) in [6, 6.07) is 7.19. The Bertz CT molecular complexity index is 874. The number of carboxylic acid groups (broad SMARTS) is 1. The molecule has 0 aliphatic carbocycles. The summed E-state index contributed by atoms with van der Waals surface area (Å²) in [5.41, 5.74) is -0.425. The van der Waals surface area contributed by atoms with Crippen LogP contribution in [-0.2, 0) is 9.59 Å². The molecule has 25 heavy (non-hydrogen) atoms. The first-order valence-electron chi connectivity index (χ1n) is 7.71. The molecule has 1 atom stereocenters. The predicted molar refractivity (Wildman–Crippen MR) is 91.4 cm³/mol. The summed E-state index contributed by atoms with van der Waals surface area (Å²) in [6.07, 6.45) is 0. The second-order valence-electron chi connectivity index (χ2n) is 5.60. The van der Waals surface area contributed by atoms with Crippen molar-refractivity contribution in [3.63, 3.8) is 0 Å². The largest absolute Gasteiger partial charge is 0.480 e. The fourth-order valence-electron chi connectivity index (χ4n) is 2.44. The van der Waals surface area contributed by atoms with Crippen LogP contribution < -0.4 is 10.9 Å². The van der Waals surface area contributed by atoms with Gasteiger partial charge in [0.25, 0.3) is 11.5 Å². The van der Waals surface area contributed by atoms with E-state index in [2.05, 4.69) is 10.3 Å². The van der Waals surface area contributed by atoms with Crippen LogP contribution in [0.5, 0.6) is 0 Å². The molecule has 2 amide bonds. The lowest BCUT2D eigenvalue weighted by Gasteiger charge is -2.26. The molecule has 3 N–H and O–H groups in total. The van der Waals surface area contributed by atoms with Gasteiger partial charge in [-0.1, -0.05) is 18.2 Å². The maximum atomic E-state index is 12.7. The number of fused-ring (bicyclic) bond motifs is 1. The molecule has 0 fully saturated rings. The molecule has 8 nitrogen and oxygen atoms in total. The Labute approximate surface area is 143 Å². The van der Waals surface area contributed by atoms with Gasteiger partial charge in [-0.05, 0) is 24.4 Å². The van der Waals surface area contributed by atoms with E-state index < -0.39 is 23.5 Å². The number of hydrogen-bond donors (Lipinski definition) is 3. The van der Waals surface area contributed by atoms with Crippen LogP contribution in [0, 0.1) is 0 Å². The number of aromatic amines is 1. The molecule has 0 aliphatic heterocycles. The quantitative estimate of drug-likeness (QED) is 0.707. The fraction of sp³-hybridized carbons (Fsp3) is 0.294. The number of carbonyl (C=O) groups is 3. The van der Waals surface area contributed by atoms with E-state index in [1.54, 1.807) is 24.3 Å². The topological polar surface area (TPSA) is 120 Å². The molecule has 8 heteroatoms. The molecule has 2 aromatic rings. The van der Waals surface area contributed by atoms with Crippen molar-refractivity contribution in [2.45, 2.75) is 19.9 Å². The van der Waals surface area contributed by atoms with Crippen LogP contribution in [0.4, 0.5) is 0 Å². The third kappa shape index (κ3) is 4.23. The zero-order chi connectivity index (χ0) is 18.6. The number of H-pyrrole nitrogens is 1. The van der Waals surface area contributed by atoms with E-state index in [-0.39, 0.29) is 24.7 Å². The first-order chi connectivity index (χ1) is 11.8. The molecule has 0 spiro atoms. The van der Waals surface area contributed by atoms with E-state index in [0.29, 0.717) is 10.8 Å².